The van der Waals surface area contributed by atoms with Gasteiger partial charge in [-0.2, -0.15) is 0 Å². The minimum atomic E-state index is -0.176. The molecule has 112 valence electrons. The molecule has 20 heavy (non-hydrogen) atoms. The van der Waals surface area contributed by atoms with Crippen molar-refractivity contribution in [3.63, 3.8) is 0 Å². The van der Waals surface area contributed by atoms with Gasteiger partial charge in [0, 0.05) is 13.1 Å². The van der Waals surface area contributed by atoms with Crippen LogP contribution in [0.4, 0.5) is 5.13 Å². The van der Waals surface area contributed by atoms with Gasteiger partial charge < -0.3 is 16.0 Å². The van der Waals surface area contributed by atoms with Gasteiger partial charge in [0.1, 0.15) is 4.88 Å². The molecule has 3 N–H and O–H groups in total. The molecule has 1 heterocycles. The Labute approximate surface area is 123 Å². The van der Waals surface area contributed by atoms with Crippen molar-refractivity contribution >= 4 is 28.3 Å². The zero-order valence-electron chi connectivity index (χ0n) is 12.2. The quantitative estimate of drug-likeness (QED) is 0.796. The highest BCUT2D eigenvalue weighted by atomic mass is 32.1. The van der Waals surface area contributed by atoms with E-state index in [1.54, 1.807) is 11.8 Å². The van der Waals surface area contributed by atoms with Gasteiger partial charge in [-0.05, 0) is 19.8 Å². The fourth-order valence-corrected chi connectivity index (χ4v) is 2.58. The lowest BCUT2D eigenvalue weighted by molar-refractivity contribution is -0.121. The number of hydrogen-bond acceptors (Lipinski definition) is 5. The summed E-state index contributed by atoms with van der Waals surface area (Å²) in [6.45, 7) is 6.94. The zero-order valence-corrected chi connectivity index (χ0v) is 13.0. The molecule has 0 saturated carbocycles. The minimum absolute atomic E-state index is 0.0733. The number of rotatable bonds is 7. The third-order valence-electron chi connectivity index (χ3n) is 2.69. The first-order valence-electron chi connectivity index (χ1n) is 6.78. The molecule has 0 aliphatic carbocycles. The van der Waals surface area contributed by atoms with Crippen molar-refractivity contribution < 1.29 is 9.59 Å². The molecular weight excluding hydrogens is 276 g/mol. The number of nitrogens with zero attached hydrogens (tertiary/aromatic N) is 2. The summed E-state index contributed by atoms with van der Waals surface area (Å²) in [5, 5.41) is 3.15. The van der Waals surface area contributed by atoms with E-state index < -0.39 is 0 Å². The predicted octanol–water partition coefficient (Wildman–Crippen LogP) is 1.41. The minimum Gasteiger partial charge on any atom is -0.375 e. The predicted molar refractivity (Wildman–Crippen MR) is 80.8 cm³/mol. The molecule has 0 saturated heterocycles. The van der Waals surface area contributed by atoms with Gasteiger partial charge in [0.15, 0.2) is 5.13 Å². The molecule has 0 aliphatic heterocycles. The molecule has 7 heteroatoms. The number of aryl methyl sites for hydroxylation is 1. The van der Waals surface area contributed by atoms with E-state index in [-0.39, 0.29) is 18.4 Å². The van der Waals surface area contributed by atoms with Crippen molar-refractivity contribution in [2.45, 2.75) is 33.6 Å². The highest BCUT2D eigenvalue weighted by Gasteiger charge is 2.22. The van der Waals surface area contributed by atoms with E-state index in [0.29, 0.717) is 28.8 Å². The lowest BCUT2D eigenvalue weighted by Crippen LogP contribution is -2.41. The van der Waals surface area contributed by atoms with Crippen LogP contribution in [0.3, 0.4) is 0 Å². The van der Waals surface area contributed by atoms with E-state index in [1.165, 1.54) is 11.3 Å². The van der Waals surface area contributed by atoms with Gasteiger partial charge in [-0.1, -0.05) is 25.2 Å². The van der Waals surface area contributed by atoms with E-state index in [0.717, 1.165) is 12.8 Å². The second-order valence-electron chi connectivity index (χ2n) is 4.54. The number of carbonyl (C=O) groups excluding carboxylic acids is 2. The Morgan fingerprint density at radius 3 is 2.55 bits per heavy atom. The first-order valence-corrected chi connectivity index (χ1v) is 7.60. The summed E-state index contributed by atoms with van der Waals surface area (Å²) in [6, 6.07) is 0. The van der Waals surface area contributed by atoms with E-state index in [4.69, 9.17) is 5.73 Å². The van der Waals surface area contributed by atoms with E-state index in [1.807, 2.05) is 13.8 Å². The Hall–Kier alpha value is -1.63. The number of nitrogens with one attached hydrogen (secondary N) is 1. The molecule has 0 aliphatic rings. The monoisotopic (exact) mass is 298 g/mol. The molecule has 6 nitrogen and oxygen atoms in total. The third-order valence-corrected chi connectivity index (χ3v) is 3.67. The molecule has 0 atom stereocenters. The van der Waals surface area contributed by atoms with Crippen LogP contribution < -0.4 is 11.1 Å². The fraction of sp³-hybridized carbons (Fsp3) is 0.615. The molecular formula is C13H22N4O2S. The zero-order chi connectivity index (χ0) is 15.1. The first kappa shape index (κ1) is 16.4. The van der Waals surface area contributed by atoms with Crippen molar-refractivity contribution in [1.29, 1.82) is 0 Å². The summed E-state index contributed by atoms with van der Waals surface area (Å²) in [6.07, 6.45) is 1.66. The van der Waals surface area contributed by atoms with E-state index in [2.05, 4.69) is 10.3 Å². The summed E-state index contributed by atoms with van der Waals surface area (Å²) in [5.41, 5.74) is 6.23. The number of aromatic nitrogens is 1. The van der Waals surface area contributed by atoms with Crippen molar-refractivity contribution in [2.24, 2.45) is 0 Å². The molecule has 1 aromatic rings. The topological polar surface area (TPSA) is 88.3 Å². The Morgan fingerprint density at radius 1 is 1.35 bits per heavy atom. The van der Waals surface area contributed by atoms with Crippen LogP contribution >= 0.6 is 11.3 Å². The average Bonchev–Trinajstić information content (AvgIpc) is 2.74. The lowest BCUT2D eigenvalue weighted by atomic mass is 10.3. The molecule has 1 aromatic heterocycles. The Morgan fingerprint density at radius 2 is 2.05 bits per heavy atom. The van der Waals surface area contributed by atoms with Gasteiger partial charge in [0.25, 0.3) is 5.91 Å². The van der Waals surface area contributed by atoms with Crippen LogP contribution in [0.2, 0.25) is 0 Å². The normalized spacial score (nSPS) is 10.3. The number of nitrogens with two attached hydrogens (primary N) is 1. The van der Waals surface area contributed by atoms with Gasteiger partial charge >= 0.3 is 0 Å². The fourth-order valence-electron chi connectivity index (χ4n) is 1.78. The van der Waals surface area contributed by atoms with Gasteiger partial charge in [0.2, 0.25) is 5.91 Å². The maximum atomic E-state index is 12.4. The Balaban J connectivity index is 2.77. The Kier molecular flexibility index (Phi) is 6.44. The van der Waals surface area contributed by atoms with E-state index in [9.17, 15) is 9.59 Å². The van der Waals surface area contributed by atoms with Crippen molar-refractivity contribution in [1.82, 2.24) is 15.2 Å². The molecule has 0 bridgehead atoms. The maximum Gasteiger partial charge on any atom is 0.266 e. The van der Waals surface area contributed by atoms with Crippen LogP contribution in [0, 0.1) is 6.92 Å². The maximum absolute atomic E-state index is 12.4. The smallest absolute Gasteiger partial charge is 0.266 e. The van der Waals surface area contributed by atoms with Crippen LogP contribution in [0.25, 0.3) is 0 Å². The summed E-state index contributed by atoms with van der Waals surface area (Å²) >= 11 is 1.17. The second kappa shape index (κ2) is 7.84. The summed E-state index contributed by atoms with van der Waals surface area (Å²) in [5.74, 6) is -0.311. The first-order chi connectivity index (χ1) is 9.49. The van der Waals surface area contributed by atoms with Crippen LogP contribution in [0.5, 0.6) is 0 Å². The molecule has 0 fully saturated rings. The van der Waals surface area contributed by atoms with Crippen molar-refractivity contribution in [3.8, 4) is 0 Å². The third kappa shape index (κ3) is 4.48. The largest absolute Gasteiger partial charge is 0.375 e. The van der Waals surface area contributed by atoms with Crippen LogP contribution in [0.15, 0.2) is 0 Å². The van der Waals surface area contributed by atoms with Crippen LogP contribution in [-0.4, -0.2) is 41.3 Å². The molecule has 1 rings (SSSR count). The number of hydrogen-bond donors (Lipinski definition) is 2. The second-order valence-corrected chi connectivity index (χ2v) is 5.57. The number of nitrogen functional groups attached to an aromatic ring is 1. The van der Waals surface area contributed by atoms with Crippen LogP contribution in [-0.2, 0) is 4.79 Å². The highest BCUT2D eigenvalue weighted by Crippen LogP contribution is 2.21. The Bertz CT molecular complexity index is 473. The molecule has 0 unspecified atom stereocenters. The van der Waals surface area contributed by atoms with Crippen LogP contribution in [0.1, 0.15) is 42.1 Å². The van der Waals surface area contributed by atoms with Gasteiger partial charge in [-0.3, -0.25) is 9.59 Å². The molecule has 0 spiro atoms. The molecule has 2 amide bonds. The van der Waals surface area contributed by atoms with Crippen molar-refractivity contribution in [2.75, 3.05) is 25.4 Å². The van der Waals surface area contributed by atoms with Gasteiger partial charge in [0.05, 0.1) is 12.2 Å². The highest BCUT2D eigenvalue weighted by molar-refractivity contribution is 7.17. The number of carbonyl (C=O) groups is 2. The number of thiazole rings is 1. The SMILES string of the molecule is CCCNC(=O)CN(CCC)C(=O)c1sc(N)nc1C. The van der Waals surface area contributed by atoms with Gasteiger partial charge in [-0.15, -0.1) is 0 Å². The average molecular weight is 298 g/mol. The molecule has 0 radical (unpaired) electrons. The van der Waals surface area contributed by atoms with Crippen molar-refractivity contribution in [3.05, 3.63) is 10.6 Å². The number of anilines is 1. The van der Waals surface area contributed by atoms with E-state index >= 15 is 0 Å². The lowest BCUT2D eigenvalue weighted by Gasteiger charge is -2.21. The summed E-state index contributed by atoms with van der Waals surface area (Å²) in [4.78, 5) is 30.3. The molecule has 0 aromatic carbocycles. The summed E-state index contributed by atoms with van der Waals surface area (Å²) in [7, 11) is 0. The summed E-state index contributed by atoms with van der Waals surface area (Å²) < 4.78 is 0. The standard InChI is InChI=1S/C13H22N4O2S/c1-4-6-15-10(18)8-17(7-5-2)12(19)11-9(3)16-13(14)20-11/h4-8H2,1-3H3,(H2,14,16)(H,15,18). The number of amides is 2. The van der Waals surface area contributed by atoms with Gasteiger partial charge in [-0.25, -0.2) is 4.98 Å².